The number of hydrogen-bond acceptors (Lipinski definition) is 15. The van der Waals surface area contributed by atoms with Gasteiger partial charge >= 0.3 is 5.97 Å². The Morgan fingerprint density at radius 3 is 2.95 bits per heavy atom. The van der Waals surface area contributed by atoms with E-state index in [4.69, 9.17) is 22.7 Å². The van der Waals surface area contributed by atoms with Crippen LogP contribution in [0.15, 0.2) is 10.3 Å². The van der Waals surface area contributed by atoms with E-state index in [-0.39, 0.29) is 41.3 Å². The lowest BCUT2D eigenvalue weighted by atomic mass is 9.89. The SMILES string of the molecule is C#CCON=C(C(=O)NC1C(=O)N2CC(CSc3nnnn3CCCN)(C(=O)O)CS[C@H]12)c1nsc(N)n1. The summed E-state index contributed by atoms with van der Waals surface area (Å²) in [5.74, 6) is 0.281. The van der Waals surface area contributed by atoms with E-state index in [0.717, 1.165) is 11.5 Å². The van der Waals surface area contributed by atoms with Gasteiger partial charge in [-0.2, -0.15) is 9.36 Å². The van der Waals surface area contributed by atoms with Crippen molar-refractivity contribution in [1.29, 1.82) is 0 Å². The van der Waals surface area contributed by atoms with E-state index in [2.05, 4.69) is 41.3 Å². The van der Waals surface area contributed by atoms with Crippen LogP contribution in [-0.2, 0) is 25.8 Å². The van der Waals surface area contributed by atoms with Gasteiger partial charge in [0.05, 0.1) is 0 Å². The number of aliphatic carboxylic acids is 1. The van der Waals surface area contributed by atoms with Crippen LogP contribution in [-0.4, -0.2) is 106 Å². The number of carbonyl (C=O) groups excluding carboxylic acids is 2. The van der Waals surface area contributed by atoms with Crippen LogP contribution < -0.4 is 16.8 Å². The zero-order valence-electron chi connectivity index (χ0n) is 19.7. The Balaban J connectivity index is 1.41. The molecule has 19 heteroatoms. The molecule has 2 aliphatic heterocycles. The lowest BCUT2D eigenvalue weighted by Crippen LogP contribution is -2.74. The van der Waals surface area contributed by atoms with Gasteiger partial charge in [0.1, 0.15) is 16.8 Å². The van der Waals surface area contributed by atoms with Gasteiger partial charge in [-0.15, -0.1) is 23.3 Å². The first kappa shape index (κ1) is 27.6. The number of carboxylic acids is 1. The molecule has 0 bridgehead atoms. The number of fused-ring (bicyclic) bond motifs is 1. The third kappa shape index (κ3) is 5.67. The standard InChI is InChI=1S/C19H23N11O5S3/c1-2-6-35-25-10(12-23-17(21)38-26-12)13(31)22-11-14(32)29-7-19(16(33)34,8-36-15(11)29)9-37-18-24-27-28-30(18)5-3-4-20/h1,11,15H,3-9,20H2,(H,22,31)(H,33,34)(H2,21,23,26)/t11?,15-,19?/m1/s1. The molecule has 6 N–H and O–H groups in total. The number of β-lactam (4-membered cyclic amide) rings is 1. The molecule has 4 heterocycles. The third-order valence-electron chi connectivity index (χ3n) is 5.61. The summed E-state index contributed by atoms with van der Waals surface area (Å²) in [6.45, 7) is 0.755. The van der Waals surface area contributed by atoms with E-state index in [9.17, 15) is 19.5 Å². The number of rotatable bonds is 12. The minimum absolute atomic E-state index is 0.0288. The second-order valence-corrected chi connectivity index (χ2v) is 11.0. The number of nitrogens with zero attached hydrogens (tertiary/aromatic N) is 8. The number of aromatic nitrogens is 6. The number of nitrogens with one attached hydrogen (secondary N) is 1. The molecule has 3 atom stereocenters. The van der Waals surface area contributed by atoms with Crippen molar-refractivity contribution in [1.82, 2.24) is 39.8 Å². The number of carbonyl (C=O) groups is 3. The summed E-state index contributed by atoms with van der Waals surface area (Å²) in [6, 6.07) is -0.899. The van der Waals surface area contributed by atoms with Crippen LogP contribution in [0.25, 0.3) is 0 Å². The summed E-state index contributed by atoms with van der Waals surface area (Å²) < 4.78 is 5.54. The normalized spacial score (nSPS) is 22.8. The predicted octanol–water partition coefficient (Wildman–Crippen LogP) is -1.93. The van der Waals surface area contributed by atoms with Gasteiger partial charge in [0.15, 0.2) is 11.7 Å². The Hall–Kier alpha value is -3.47. The van der Waals surface area contributed by atoms with Crippen molar-refractivity contribution in [3.63, 3.8) is 0 Å². The summed E-state index contributed by atoms with van der Waals surface area (Å²) >= 11 is 3.33. The maximum Gasteiger partial charge on any atom is 0.313 e. The number of hydrogen-bond donors (Lipinski definition) is 4. The van der Waals surface area contributed by atoms with E-state index in [1.165, 1.54) is 28.4 Å². The highest BCUT2D eigenvalue weighted by molar-refractivity contribution is 8.00. The van der Waals surface area contributed by atoms with Crippen LogP contribution in [0, 0.1) is 17.8 Å². The van der Waals surface area contributed by atoms with Crippen LogP contribution in [0.2, 0.25) is 0 Å². The molecule has 2 aliphatic rings. The molecule has 0 saturated carbocycles. The van der Waals surface area contributed by atoms with Gasteiger partial charge in [0.25, 0.3) is 5.91 Å². The maximum atomic E-state index is 13.0. The molecule has 2 amide bonds. The third-order valence-corrected chi connectivity index (χ3v) is 8.99. The molecule has 2 fully saturated rings. The Kier molecular flexibility index (Phi) is 8.65. The summed E-state index contributed by atoms with van der Waals surface area (Å²) in [7, 11) is 0. The highest BCUT2D eigenvalue weighted by Crippen LogP contribution is 2.44. The van der Waals surface area contributed by atoms with Crippen molar-refractivity contribution in [2.24, 2.45) is 16.3 Å². The zero-order valence-corrected chi connectivity index (χ0v) is 22.2. The van der Waals surface area contributed by atoms with Crippen molar-refractivity contribution < 1.29 is 24.3 Å². The maximum absolute atomic E-state index is 13.0. The van der Waals surface area contributed by atoms with Gasteiger partial charge in [-0.05, 0) is 23.4 Å². The number of terminal acetylenes is 1. The molecule has 4 rings (SSSR count). The molecule has 202 valence electrons. The van der Waals surface area contributed by atoms with Gasteiger partial charge in [0.2, 0.25) is 22.6 Å². The first-order chi connectivity index (χ1) is 18.3. The number of aryl methyl sites for hydroxylation is 1. The molecule has 16 nitrogen and oxygen atoms in total. The molecule has 2 aromatic heterocycles. The van der Waals surface area contributed by atoms with Crippen LogP contribution in [0.1, 0.15) is 12.2 Å². The van der Waals surface area contributed by atoms with Crippen LogP contribution >= 0.6 is 35.1 Å². The first-order valence-corrected chi connectivity index (χ1v) is 13.9. The van der Waals surface area contributed by atoms with Gasteiger partial charge in [-0.1, -0.05) is 22.8 Å². The van der Waals surface area contributed by atoms with Gasteiger partial charge in [0, 0.05) is 36.1 Å². The number of thioether (sulfide) groups is 2. The Labute approximate surface area is 228 Å². The van der Waals surface area contributed by atoms with Crippen molar-refractivity contribution >= 4 is 63.7 Å². The quantitative estimate of drug-likeness (QED) is 0.0534. The van der Waals surface area contributed by atoms with E-state index in [1.807, 2.05) is 0 Å². The number of oxime groups is 1. The molecule has 2 aromatic rings. The number of carboxylic acid groups (broad SMARTS) is 1. The molecule has 0 aliphatic carbocycles. The number of tetrazole rings is 1. The summed E-state index contributed by atoms with van der Waals surface area (Å²) in [6.07, 6.45) is 5.82. The van der Waals surface area contributed by atoms with Crippen LogP contribution in [0.5, 0.6) is 0 Å². The topological polar surface area (TPSA) is 230 Å². The van der Waals surface area contributed by atoms with Crippen molar-refractivity contribution in [3.05, 3.63) is 5.82 Å². The molecule has 2 unspecified atom stereocenters. The molecular formula is C19H23N11O5S3. The summed E-state index contributed by atoms with van der Waals surface area (Å²) in [5, 5.41) is 28.1. The van der Waals surface area contributed by atoms with Gasteiger partial charge in [-0.3, -0.25) is 14.4 Å². The van der Waals surface area contributed by atoms with Crippen molar-refractivity contribution in [3.8, 4) is 12.3 Å². The molecule has 0 aromatic carbocycles. The van der Waals surface area contributed by atoms with Crippen LogP contribution in [0.3, 0.4) is 0 Å². The van der Waals surface area contributed by atoms with Crippen molar-refractivity contribution in [2.75, 3.05) is 36.9 Å². The molecule has 2 saturated heterocycles. The first-order valence-electron chi connectivity index (χ1n) is 11.1. The fraction of sp³-hybridized carbons (Fsp3) is 0.526. The molecule has 0 radical (unpaired) electrons. The minimum atomic E-state index is -1.24. The Morgan fingerprint density at radius 2 is 2.26 bits per heavy atom. The van der Waals surface area contributed by atoms with E-state index in [1.54, 1.807) is 4.68 Å². The van der Waals surface area contributed by atoms with Gasteiger partial charge in [-0.25, -0.2) is 4.68 Å². The minimum Gasteiger partial charge on any atom is -0.481 e. The largest absolute Gasteiger partial charge is 0.481 e. The second kappa shape index (κ2) is 11.9. The van der Waals surface area contributed by atoms with Gasteiger partial charge < -0.3 is 31.6 Å². The Bertz CT molecular complexity index is 1280. The molecule has 38 heavy (non-hydrogen) atoms. The highest BCUT2D eigenvalue weighted by atomic mass is 32.2. The lowest BCUT2D eigenvalue weighted by Gasteiger charge is -2.53. The van der Waals surface area contributed by atoms with E-state index >= 15 is 0 Å². The second-order valence-electron chi connectivity index (χ2n) is 8.19. The molecule has 0 spiro atoms. The fourth-order valence-electron chi connectivity index (χ4n) is 3.65. The van der Waals surface area contributed by atoms with Crippen LogP contribution in [0.4, 0.5) is 5.13 Å². The van der Waals surface area contributed by atoms with Crippen molar-refractivity contribution in [2.45, 2.75) is 29.5 Å². The number of nitrogen functional groups attached to an aromatic ring is 1. The number of amides is 2. The lowest BCUT2D eigenvalue weighted by molar-refractivity contribution is -0.157. The van der Waals surface area contributed by atoms with E-state index in [0.29, 0.717) is 24.7 Å². The monoisotopic (exact) mass is 581 g/mol. The number of anilines is 1. The zero-order chi connectivity index (χ0) is 27.3. The summed E-state index contributed by atoms with van der Waals surface area (Å²) in [5.41, 5.74) is 9.63. The fourth-order valence-corrected chi connectivity index (χ4v) is 6.85. The number of nitrogens with two attached hydrogens (primary N) is 2. The average Bonchev–Trinajstić information content (AvgIpc) is 3.55. The van der Waals surface area contributed by atoms with E-state index < -0.39 is 34.6 Å². The average molecular weight is 582 g/mol. The highest BCUT2D eigenvalue weighted by Gasteiger charge is 2.57. The summed E-state index contributed by atoms with van der Waals surface area (Å²) in [4.78, 5) is 48.6. The predicted molar refractivity (Wildman–Crippen MR) is 138 cm³/mol. The molecular weight excluding hydrogens is 558 g/mol. The smallest absolute Gasteiger partial charge is 0.313 e. The Morgan fingerprint density at radius 1 is 1.45 bits per heavy atom.